The molecule has 6 nitrogen and oxygen atoms in total. The van der Waals surface area contributed by atoms with Crippen LogP contribution in [0.15, 0.2) is 84.9 Å². The van der Waals surface area contributed by atoms with Crippen molar-refractivity contribution in [1.29, 1.82) is 0 Å². The Morgan fingerprint density at radius 1 is 0.649 bits per heavy atom. The summed E-state index contributed by atoms with van der Waals surface area (Å²) in [5.41, 5.74) is 6.82. The number of nitrogens with zero attached hydrogens (tertiary/aromatic N) is 6. The van der Waals surface area contributed by atoms with Gasteiger partial charge in [-0.15, -0.1) is 0 Å². The molecule has 0 amide bonds. The molecule has 174 valence electrons. The van der Waals surface area contributed by atoms with Crippen LogP contribution in [0.3, 0.4) is 0 Å². The topological polar surface area (TPSA) is 52.3 Å². The van der Waals surface area contributed by atoms with Gasteiger partial charge in [0, 0.05) is 22.0 Å². The predicted molar refractivity (Wildman–Crippen MR) is 147 cm³/mol. The third-order valence-electron chi connectivity index (χ3n) is 6.44. The molecule has 0 aliphatic rings. The molecule has 0 spiro atoms. The molecule has 0 atom stereocenters. The number of para-hydroxylation sites is 1. The van der Waals surface area contributed by atoms with Gasteiger partial charge in [-0.05, 0) is 55.3 Å². The number of aromatic nitrogens is 4. The van der Waals surface area contributed by atoms with Crippen LogP contribution in [0.4, 0.5) is 11.4 Å². The van der Waals surface area contributed by atoms with Crippen LogP contribution in [0, 0.1) is 27.0 Å². The minimum absolute atomic E-state index is 0.492. The van der Waals surface area contributed by atoms with Crippen molar-refractivity contribution >= 4 is 33.2 Å². The zero-order valence-corrected chi connectivity index (χ0v) is 20.3. The van der Waals surface area contributed by atoms with Gasteiger partial charge in [-0.2, -0.15) is 0 Å². The highest BCUT2D eigenvalue weighted by Gasteiger charge is 2.16. The number of aryl methyl sites for hydroxylation is 2. The van der Waals surface area contributed by atoms with Crippen LogP contribution >= 0.6 is 0 Å². The second kappa shape index (κ2) is 8.71. The first kappa shape index (κ1) is 22.2. The van der Waals surface area contributed by atoms with E-state index in [-0.39, 0.29) is 0 Å². The summed E-state index contributed by atoms with van der Waals surface area (Å²) in [7, 11) is 0. The fourth-order valence-corrected chi connectivity index (χ4v) is 4.86. The number of benzene rings is 4. The number of rotatable bonds is 3. The van der Waals surface area contributed by atoms with E-state index in [2.05, 4.69) is 59.5 Å². The molecule has 6 heteroatoms. The molecule has 37 heavy (non-hydrogen) atoms. The molecule has 0 unspecified atom stereocenters. The monoisotopic (exact) mass is 476 g/mol. The molecule has 0 aliphatic carbocycles. The van der Waals surface area contributed by atoms with Gasteiger partial charge in [-0.1, -0.05) is 54.6 Å². The summed E-state index contributed by atoms with van der Waals surface area (Å²) in [6.07, 6.45) is 0. The molecule has 0 bridgehead atoms. The smallest absolute Gasteiger partial charge is 0.198 e. The van der Waals surface area contributed by atoms with Crippen molar-refractivity contribution in [3.63, 3.8) is 0 Å². The minimum Gasteiger partial charge on any atom is -0.309 e. The first-order chi connectivity index (χ1) is 18.1. The van der Waals surface area contributed by atoms with Crippen LogP contribution in [-0.4, -0.2) is 19.5 Å². The van der Waals surface area contributed by atoms with Crippen LogP contribution in [0.1, 0.15) is 11.6 Å². The van der Waals surface area contributed by atoms with Crippen molar-refractivity contribution in [2.45, 2.75) is 13.8 Å². The molecular weight excluding hydrogens is 456 g/mol. The summed E-state index contributed by atoms with van der Waals surface area (Å²) >= 11 is 0. The zero-order valence-electron chi connectivity index (χ0n) is 20.3. The number of fused-ring (bicyclic) bond motifs is 3. The molecule has 4 aromatic carbocycles. The van der Waals surface area contributed by atoms with Crippen molar-refractivity contribution in [2.24, 2.45) is 0 Å². The summed E-state index contributed by atoms with van der Waals surface area (Å²) in [6.45, 7) is 18.8. The van der Waals surface area contributed by atoms with Gasteiger partial charge in [0.1, 0.15) is 11.6 Å². The van der Waals surface area contributed by atoms with Crippen LogP contribution in [-0.2, 0) is 0 Å². The maximum absolute atomic E-state index is 7.73. The Morgan fingerprint density at radius 3 is 2.19 bits per heavy atom. The minimum atomic E-state index is 0.492. The molecule has 2 heterocycles. The molecule has 6 aromatic rings. The molecular formula is C31H20N6. The lowest BCUT2D eigenvalue weighted by Crippen LogP contribution is -2.00. The molecule has 0 fully saturated rings. The Bertz CT molecular complexity index is 1910. The van der Waals surface area contributed by atoms with Crippen molar-refractivity contribution in [3.8, 4) is 28.2 Å². The fourth-order valence-electron chi connectivity index (χ4n) is 4.86. The van der Waals surface area contributed by atoms with E-state index in [4.69, 9.17) is 13.1 Å². The zero-order chi connectivity index (χ0) is 25.5. The van der Waals surface area contributed by atoms with E-state index >= 15 is 0 Å². The third kappa shape index (κ3) is 3.78. The van der Waals surface area contributed by atoms with E-state index in [0.717, 1.165) is 38.6 Å². The molecule has 0 aliphatic heterocycles. The maximum atomic E-state index is 7.73. The van der Waals surface area contributed by atoms with Gasteiger partial charge in [0.05, 0.1) is 24.2 Å². The van der Waals surface area contributed by atoms with Gasteiger partial charge < -0.3 is 4.57 Å². The summed E-state index contributed by atoms with van der Waals surface area (Å²) < 4.78 is 2.21. The highest BCUT2D eigenvalue weighted by atomic mass is 15.0. The number of hydrogen-bond acceptors (Lipinski definition) is 3. The predicted octanol–water partition coefficient (Wildman–Crippen LogP) is 8.02. The van der Waals surface area contributed by atoms with Gasteiger partial charge in [-0.25, -0.2) is 24.6 Å². The molecule has 0 saturated heterocycles. The Hall–Kier alpha value is -5.33. The SMILES string of the molecule is [C-]#[N+]c1cccc(-c2ccc3c4ccccc4n(-c4ccc([N+]#[C-])c(-c5nc(C)nc(C)n5)c4)c3c2)c1. The maximum Gasteiger partial charge on any atom is 0.198 e. The highest BCUT2D eigenvalue weighted by molar-refractivity contribution is 6.10. The van der Waals surface area contributed by atoms with Crippen molar-refractivity contribution in [2.75, 3.05) is 0 Å². The Balaban J connectivity index is 1.64. The molecule has 0 radical (unpaired) electrons. The van der Waals surface area contributed by atoms with Crippen LogP contribution in [0.25, 0.3) is 59.7 Å². The molecule has 0 N–H and O–H groups in total. The summed E-state index contributed by atoms with van der Waals surface area (Å²) in [6, 6.07) is 28.2. The third-order valence-corrected chi connectivity index (χ3v) is 6.44. The first-order valence-electron chi connectivity index (χ1n) is 11.8. The summed E-state index contributed by atoms with van der Waals surface area (Å²) in [5.74, 6) is 1.73. The second-order valence-electron chi connectivity index (χ2n) is 8.81. The quantitative estimate of drug-likeness (QED) is 0.243. The standard InChI is InChI=1S/C31H20N6/c1-19-34-20(2)36-31(35-19)27-18-24(13-15-28(27)33-4)37-29-11-6-5-10-25(29)26-14-12-22(17-30(26)37)21-8-7-9-23(16-21)32-3/h5-18H,1-2H3. The Kier molecular flexibility index (Phi) is 5.22. The fraction of sp³-hybridized carbons (Fsp3) is 0.0645. The molecule has 0 saturated carbocycles. The lowest BCUT2D eigenvalue weighted by Gasteiger charge is -2.12. The average Bonchev–Trinajstić information content (AvgIpc) is 3.26. The van der Waals surface area contributed by atoms with Gasteiger partial charge >= 0.3 is 0 Å². The summed E-state index contributed by atoms with van der Waals surface area (Å²) in [5, 5.41) is 2.27. The van der Waals surface area contributed by atoms with E-state index in [1.54, 1.807) is 0 Å². The van der Waals surface area contributed by atoms with E-state index < -0.39 is 0 Å². The highest BCUT2D eigenvalue weighted by Crippen LogP contribution is 2.37. The molecule has 2 aromatic heterocycles. The lowest BCUT2D eigenvalue weighted by molar-refractivity contribution is 0.929. The van der Waals surface area contributed by atoms with Crippen LogP contribution < -0.4 is 0 Å². The lowest BCUT2D eigenvalue weighted by atomic mass is 10.0. The van der Waals surface area contributed by atoms with Crippen LogP contribution in [0.5, 0.6) is 0 Å². The Labute approximate surface area is 214 Å². The first-order valence-corrected chi connectivity index (χ1v) is 11.8. The van der Waals surface area contributed by atoms with Crippen LogP contribution in [0.2, 0.25) is 0 Å². The largest absolute Gasteiger partial charge is 0.309 e. The van der Waals surface area contributed by atoms with Gasteiger partial charge in [-0.3, -0.25) is 0 Å². The van der Waals surface area contributed by atoms with Gasteiger partial charge in [0.25, 0.3) is 0 Å². The van der Waals surface area contributed by atoms with E-state index in [1.165, 1.54) is 0 Å². The van der Waals surface area contributed by atoms with Gasteiger partial charge in [0.15, 0.2) is 17.2 Å². The number of hydrogen-bond donors (Lipinski definition) is 0. The normalized spacial score (nSPS) is 10.9. The van der Waals surface area contributed by atoms with E-state index in [9.17, 15) is 0 Å². The average molecular weight is 477 g/mol. The molecule has 6 rings (SSSR count). The van der Waals surface area contributed by atoms with E-state index in [1.807, 2.05) is 68.4 Å². The van der Waals surface area contributed by atoms with E-state index in [0.29, 0.717) is 34.4 Å². The second-order valence-corrected chi connectivity index (χ2v) is 8.81. The van der Waals surface area contributed by atoms with Gasteiger partial charge in [0.2, 0.25) is 0 Å². The Morgan fingerprint density at radius 2 is 1.41 bits per heavy atom. The van der Waals surface area contributed by atoms with Crippen molar-refractivity contribution in [3.05, 3.63) is 119 Å². The van der Waals surface area contributed by atoms with Crippen molar-refractivity contribution < 1.29 is 0 Å². The summed E-state index contributed by atoms with van der Waals surface area (Å²) in [4.78, 5) is 20.7. The van der Waals surface area contributed by atoms with Crippen molar-refractivity contribution in [1.82, 2.24) is 19.5 Å².